The summed E-state index contributed by atoms with van der Waals surface area (Å²) in [5.41, 5.74) is 2.11. The first-order chi connectivity index (χ1) is 8.58. The van der Waals surface area contributed by atoms with E-state index in [4.69, 9.17) is 0 Å². The third kappa shape index (κ3) is 2.60. The Kier molecular flexibility index (Phi) is 3.48. The first kappa shape index (κ1) is 12.4. The minimum Gasteiger partial charge on any atom is -0.378 e. The van der Waals surface area contributed by atoms with E-state index in [0.717, 1.165) is 11.4 Å². The Morgan fingerprint density at radius 2 is 1.67 bits per heavy atom. The largest absolute Gasteiger partial charge is 0.378 e. The number of carbonyl (C=O) groups excluding carboxylic acids is 1. The SMILES string of the molecule is Cc1cccc(C(=O)[C@@H](O)c2cccc(C)n2)n1. The van der Waals surface area contributed by atoms with Crippen molar-refractivity contribution in [1.29, 1.82) is 0 Å². The Bertz CT molecular complexity index is 582. The van der Waals surface area contributed by atoms with Gasteiger partial charge in [-0.3, -0.25) is 9.78 Å². The maximum absolute atomic E-state index is 12.1. The van der Waals surface area contributed by atoms with Gasteiger partial charge in [-0.2, -0.15) is 0 Å². The van der Waals surface area contributed by atoms with Crippen molar-refractivity contribution in [2.75, 3.05) is 0 Å². The minimum atomic E-state index is -1.26. The summed E-state index contributed by atoms with van der Waals surface area (Å²) < 4.78 is 0. The van der Waals surface area contributed by atoms with Crippen LogP contribution < -0.4 is 0 Å². The fourth-order valence-corrected chi connectivity index (χ4v) is 1.67. The highest BCUT2D eigenvalue weighted by Crippen LogP contribution is 2.16. The number of aromatic nitrogens is 2. The number of rotatable bonds is 3. The summed E-state index contributed by atoms with van der Waals surface area (Å²) >= 11 is 0. The van der Waals surface area contributed by atoms with Crippen LogP contribution in [0.4, 0.5) is 0 Å². The van der Waals surface area contributed by atoms with Gasteiger partial charge in [-0.25, -0.2) is 4.98 Å². The lowest BCUT2D eigenvalue weighted by Gasteiger charge is -2.09. The van der Waals surface area contributed by atoms with E-state index in [-0.39, 0.29) is 5.69 Å². The molecule has 0 bridgehead atoms. The summed E-state index contributed by atoms with van der Waals surface area (Å²) in [6.07, 6.45) is -1.26. The molecule has 0 aliphatic carbocycles. The lowest BCUT2D eigenvalue weighted by molar-refractivity contribution is 0.0734. The Morgan fingerprint density at radius 3 is 2.28 bits per heavy atom. The van der Waals surface area contributed by atoms with E-state index in [0.29, 0.717) is 5.69 Å². The molecule has 0 radical (unpaired) electrons. The van der Waals surface area contributed by atoms with Gasteiger partial charge in [0.1, 0.15) is 5.69 Å². The molecule has 0 aliphatic heterocycles. The quantitative estimate of drug-likeness (QED) is 0.836. The third-order valence-corrected chi connectivity index (χ3v) is 2.58. The number of hydrogen-bond donors (Lipinski definition) is 1. The molecule has 2 aromatic heterocycles. The number of carbonyl (C=O) groups is 1. The summed E-state index contributed by atoms with van der Waals surface area (Å²) in [5, 5.41) is 10.0. The van der Waals surface area contributed by atoms with Crippen LogP contribution in [-0.2, 0) is 0 Å². The zero-order chi connectivity index (χ0) is 13.1. The zero-order valence-electron chi connectivity index (χ0n) is 10.3. The standard InChI is InChI=1S/C14H14N2O2/c1-9-5-3-7-11(15-9)13(17)14(18)12-8-4-6-10(2)16-12/h3-8,13,17H,1-2H3/t13-/m0/s1. The van der Waals surface area contributed by atoms with Gasteiger partial charge in [-0.05, 0) is 38.1 Å². The number of pyridine rings is 2. The Balaban J connectivity index is 2.29. The van der Waals surface area contributed by atoms with Crippen molar-refractivity contribution in [2.24, 2.45) is 0 Å². The van der Waals surface area contributed by atoms with E-state index >= 15 is 0 Å². The molecule has 1 atom stereocenters. The molecule has 4 nitrogen and oxygen atoms in total. The number of hydrogen-bond acceptors (Lipinski definition) is 4. The molecule has 0 aliphatic rings. The summed E-state index contributed by atoms with van der Waals surface area (Å²) in [4.78, 5) is 20.3. The van der Waals surface area contributed by atoms with Gasteiger partial charge >= 0.3 is 0 Å². The average Bonchev–Trinajstić information content (AvgIpc) is 2.37. The fourth-order valence-electron chi connectivity index (χ4n) is 1.67. The average molecular weight is 242 g/mol. The second-order valence-electron chi connectivity index (χ2n) is 4.13. The van der Waals surface area contributed by atoms with E-state index in [2.05, 4.69) is 9.97 Å². The van der Waals surface area contributed by atoms with Gasteiger partial charge in [0.15, 0.2) is 6.10 Å². The summed E-state index contributed by atoms with van der Waals surface area (Å²) in [5.74, 6) is -0.434. The van der Waals surface area contributed by atoms with Gasteiger partial charge in [0.25, 0.3) is 0 Å². The van der Waals surface area contributed by atoms with Crippen molar-refractivity contribution >= 4 is 5.78 Å². The minimum absolute atomic E-state index is 0.255. The van der Waals surface area contributed by atoms with Gasteiger partial charge in [-0.1, -0.05) is 12.1 Å². The van der Waals surface area contributed by atoms with Crippen LogP contribution in [0.5, 0.6) is 0 Å². The number of aryl methyl sites for hydroxylation is 2. The van der Waals surface area contributed by atoms with Crippen molar-refractivity contribution < 1.29 is 9.90 Å². The van der Waals surface area contributed by atoms with E-state index in [9.17, 15) is 9.90 Å². The predicted molar refractivity (Wildman–Crippen MR) is 67.2 cm³/mol. The van der Waals surface area contributed by atoms with Crippen molar-refractivity contribution in [3.05, 3.63) is 59.2 Å². The second kappa shape index (κ2) is 5.06. The lowest BCUT2D eigenvalue weighted by atomic mass is 10.1. The zero-order valence-corrected chi connectivity index (χ0v) is 10.3. The summed E-state index contributed by atoms with van der Waals surface area (Å²) in [6, 6.07) is 10.3. The van der Waals surface area contributed by atoms with Crippen LogP contribution in [0.25, 0.3) is 0 Å². The van der Waals surface area contributed by atoms with Crippen LogP contribution in [0.2, 0.25) is 0 Å². The van der Waals surface area contributed by atoms with Gasteiger partial charge in [-0.15, -0.1) is 0 Å². The third-order valence-electron chi connectivity index (χ3n) is 2.58. The van der Waals surface area contributed by atoms with Gasteiger partial charge in [0, 0.05) is 11.4 Å². The molecule has 18 heavy (non-hydrogen) atoms. The molecule has 4 heteroatoms. The van der Waals surface area contributed by atoms with Gasteiger partial charge in [0.05, 0.1) is 5.69 Å². The monoisotopic (exact) mass is 242 g/mol. The summed E-state index contributed by atoms with van der Waals surface area (Å²) in [6.45, 7) is 3.61. The molecule has 0 fully saturated rings. The van der Waals surface area contributed by atoms with Crippen molar-refractivity contribution in [1.82, 2.24) is 9.97 Å². The number of aliphatic hydroxyl groups is 1. The highest BCUT2D eigenvalue weighted by molar-refractivity contribution is 5.97. The maximum Gasteiger partial charge on any atom is 0.215 e. The van der Waals surface area contributed by atoms with E-state index in [1.807, 2.05) is 13.0 Å². The number of Topliss-reactive ketones (excluding diaryl/α,β-unsaturated/α-hetero) is 1. The predicted octanol–water partition coefficient (Wildman–Crippen LogP) is 2.01. The molecule has 2 rings (SSSR count). The van der Waals surface area contributed by atoms with E-state index < -0.39 is 11.9 Å². The first-order valence-electron chi connectivity index (χ1n) is 5.67. The van der Waals surface area contributed by atoms with Crippen LogP contribution in [0.1, 0.15) is 33.7 Å². The number of nitrogens with zero attached hydrogens (tertiary/aromatic N) is 2. The second-order valence-corrected chi connectivity index (χ2v) is 4.13. The maximum atomic E-state index is 12.1. The Morgan fingerprint density at radius 1 is 1.06 bits per heavy atom. The molecule has 0 unspecified atom stereocenters. The molecule has 1 N–H and O–H groups in total. The van der Waals surface area contributed by atoms with Gasteiger partial charge < -0.3 is 5.11 Å². The molecule has 2 aromatic rings. The Hall–Kier alpha value is -2.07. The smallest absolute Gasteiger partial charge is 0.215 e. The molecular formula is C14H14N2O2. The van der Waals surface area contributed by atoms with Crippen molar-refractivity contribution in [2.45, 2.75) is 20.0 Å². The number of aliphatic hydroxyl groups excluding tert-OH is 1. The molecule has 0 amide bonds. The summed E-state index contributed by atoms with van der Waals surface area (Å²) in [7, 11) is 0. The molecule has 0 spiro atoms. The normalized spacial score (nSPS) is 12.2. The highest BCUT2D eigenvalue weighted by Gasteiger charge is 2.21. The molecule has 0 saturated heterocycles. The first-order valence-corrected chi connectivity index (χ1v) is 5.67. The fraction of sp³-hybridized carbons (Fsp3) is 0.214. The van der Waals surface area contributed by atoms with Crippen molar-refractivity contribution in [3.63, 3.8) is 0 Å². The van der Waals surface area contributed by atoms with Gasteiger partial charge in [0.2, 0.25) is 5.78 Å². The van der Waals surface area contributed by atoms with E-state index in [1.165, 1.54) is 0 Å². The molecule has 0 aromatic carbocycles. The molecule has 2 heterocycles. The molecule has 92 valence electrons. The van der Waals surface area contributed by atoms with Crippen LogP contribution in [0, 0.1) is 13.8 Å². The van der Waals surface area contributed by atoms with Crippen LogP contribution in [-0.4, -0.2) is 20.9 Å². The lowest BCUT2D eigenvalue weighted by Crippen LogP contribution is -2.15. The Labute approximate surface area is 105 Å². The van der Waals surface area contributed by atoms with Crippen molar-refractivity contribution in [3.8, 4) is 0 Å². The molecular weight excluding hydrogens is 228 g/mol. The topological polar surface area (TPSA) is 63.1 Å². The van der Waals surface area contributed by atoms with E-state index in [1.54, 1.807) is 37.3 Å². The van der Waals surface area contributed by atoms with Crippen LogP contribution >= 0.6 is 0 Å². The highest BCUT2D eigenvalue weighted by atomic mass is 16.3. The molecule has 0 saturated carbocycles. The van der Waals surface area contributed by atoms with Crippen LogP contribution in [0.15, 0.2) is 36.4 Å². The van der Waals surface area contributed by atoms with Crippen LogP contribution in [0.3, 0.4) is 0 Å². The number of ketones is 1.